The van der Waals surface area contributed by atoms with E-state index in [-0.39, 0.29) is 5.75 Å². The second-order valence-electron chi connectivity index (χ2n) is 7.14. The molecule has 0 aromatic heterocycles. The van der Waals surface area contributed by atoms with Gasteiger partial charge in [0.25, 0.3) is 0 Å². The number of hydrogen-bond acceptors (Lipinski definition) is 7. The summed E-state index contributed by atoms with van der Waals surface area (Å²) >= 11 is 0. The number of phenolic OH excluding ortho intramolecular Hbond substituents is 1. The van der Waals surface area contributed by atoms with Crippen LogP contribution in [0.2, 0.25) is 0 Å². The van der Waals surface area contributed by atoms with Gasteiger partial charge in [-0.25, -0.2) is 0 Å². The van der Waals surface area contributed by atoms with Crippen LogP contribution in [-0.2, 0) is 14.2 Å². The lowest BCUT2D eigenvalue weighted by Gasteiger charge is -2.13. The van der Waals surface area contributed by atoms with Crippen molar-refractivity contribution in [2.75, 3.05) is 52.9 Å². The number of aromatic hydroxyl groups is 1. The first-order chi connectivity index (χ1) is 15.8. The van der Waals surface area contributed by atoms with Crippen molar-refractivity contribution in [2.45, 2.75) is 0 Å². The Morgan fingerprint density at radius 2 is 1.34 bits per heavy atom. The number of ether oxygens (including phenoxy) is 5. The molecule has 0 saturated carbocycles. The lowest BCUT2D eigenvalue weighted by Crippen LogP contribution is -2.13. The highest BCUT2D eigenvalue weighted by atomic mass is 16.6. The molecule has 1 heterocycles. The van der Waals surface area contributed by atoms with E-state index in [1.54, 1.807) is 12.3 Å². The molecule has 1 aliphatic heterocycles. The zero-order valence-corrected chi connectivity index (χ0v) is 17.9. The van der Waals surface area contributed by atoms with Crippen LogP contribution < -0.4 is 9.47 Å². The lowest BCUT2D eigenvalue weighted by atomic mass is 10.0. The summed E-state index contributed by atoms with van der Waals surface area (Å²) in [5.41, 5.74) is 1.35. The maximum absolute atomic E-state index is 10.3. The predicted molar refractivity (Wildman–Crippen MR) is 123 cm³/mol. The summed E-state index contributed by atoms with van der Waals surface area (Å²) in [4.78, 5) is 4.57. The van der Waals surface area contributed by atoms with E-state index in [1.807, 2.05) is 48.5 Å². The van der Waals surface area contributed by atoms with E-state index < -0.39 is 0 Å². The molecule has 7 nitrogen and oxygen atoms in total. The Morgan fingerprint density at radius 3 is 2.09 bits per heavy atom. The van der Waals surface area contributed by atoms with E-state index in [0.29, 0.717) is 75.6 Å². The SMILES string of the molecule is Oc1ccc2ccccc2c1C=Nc1ccc2c(c1)OCCOCCOCCOCCO2. The molecular weight excluding hydrogens is 410 g/mol. The van der Waals surface area contributed by atoms with Gasteiger partial charge in [-0.05, 0) is 29.0 Å². The van der Waals surface area contributed by atoms with Crippen LogP contribution in [0.15, 0.2) is 59.6 Å². The van der Waals surface area contributed by atoms with Crippen LogP contribution in [0.1, 0.15) is 5.56 Å². The number of aliphatic imine (C=N–C) groups is 1. The molecule has 0 radical (unpaired) electrons. The predicted octanol–water partition coefficient (Wildman–Crippen LogP) is 4.12. The molecule has 0 aliphatic carbocycles. The second-order valence-corrected chi connectivity index (χ2v) is 7.14. The highest BCUT2D eigenvalue weighted by Gasteiger charge is 2.09. The van der Waals surface area contributed by atoms with E-state index >= 15 is 0 Å². The first-order valence-electron chi connectivity index (χ1n) is 10.7. The van der Waals surface area contributed by atoms with Crippen LogP contribution in [0.25, 0.3) is 10.8 Å². The van der Waals surface area contributed by atoms with E-state index in [0.717, 1.165) is 10.8 Å². The monoisotopic (exact) mass is 437 g/mol. The average Bonchev–Trinajstić information content (AvgIpc) is 2.82. The molecule has 0 fully saturated rings. The summed E-state index contributed by atoms with van der Waals surface area (Å²) in [5, 5.41) is 12.3. The molecule has 1 aliphatic rings. The third-order valence-corrected chi connectivity index (χ3v) is 4.93. The number of phenols is 1. The van der Waals surface area contributed by atoms with Crippen molar-refractivity contribution in [3.05, 3.63) is 60.2 Å². The van der Waals surface area contributed by atoms with Crippen LogP contribution in [0.4, 0.5) is 5.69 Å². The fourth-order valence-electron chi connectivity index (χ4n) is 3.33. The Kier molecular flexibility index (Phi) is 7.92. The molecule has 0 saturated heterocycles. The van der Waals surface area contributed by atoms with E-state index in [2.05, 4.69) is 4.99 Å². The molecule has 0 atom stereocenters. The van der Waals surface area contributed by atoms with Gasteiger partial charge in [-0.1, -0.05) is 30.3 Å². The minimum atomic E-state index is 0.183. The maximum Gasteiger partial charge on any atom is 0.163 e. The zero-order chi connectivity index (χ0) is 22.0. The van der Waals surface area contributed by atoms with Crippen molar-refractivity contribution >= 4 is 22.7 Å². The minimum absolute atomic E-state index is 0.183. The van der Waals surface area contributed by atoms with Gasteiger partial charge in [0.05, 0.1) is 45.3 Å². The van der Waals surface area contributed by atoms with Gasteiger partial charge in [-0.3, -0.25) is 4.99 Å². The van der Waals surface area contributed by atoms with Crippen LogP contribution in [-0.4, -0.2) is 64.2 Å². The summed E-state index contributed by atoms with van der Waals surface area (Å²) in [5.74, 6) is 1.38. The van der Waals surface area contributed by atoms with Crippen molar-refractivity contribution in [1.29, 1.82) is 0 Å². The van der Waals surface area contributed by atoms with E-state index in [1.165, 1.54) is 0 Å². The quantitative estimate of drug-likeness (QED) is 0.608. The molecule has 0 unspecified atom stereocenters. The highest BCUT2D eigenvalue weighted by molar-refractivity contribution is 6.03. The molecule has 3 aromatic rings. The Balaban J connectivity index is 1.53. The van der Waals surface area contributed by atoms with Gasteiger partial charge in [0.15, 0.2) is 11.5 Å². The summed E-state index contributed by atoms with van der Waals surface area (Å²) in [6.45, 7) is 3.76. The molecule has 1 N–H and O–H groups in total. The van der Waals surface area contributed by atoms with Gasteiger partial charge in [0.1, 0.15) is 19.0 Å². The Labute approximate surface area is 187 Å². The smallest absolute Gasteiger partial charge is 0.163 e. The van der Waals surface area contributed by atoms with Crippen LogP contribution in [0.3, 0.4) is 0 Å². The summed E-state index contributed by atoms with van der Waals surface area (Å²) in [6.07, 6.45) is 1.67. The molecule has 0 bridgehead atoms. The van der Waals surface area contributed by atoms with Crippen LogP contribution in [0, 0.1) is 0 Å². The zero-order valence-electron chi connectivity index (χ0n) is 17.9. The number of rotatable bonds is 2. The molecule has 3 aromatic carbocycles. The summed E-state index contributed by atoms with van der Waals surface area (Å²) < 4.78 is 28.2. The number of hydrogen-bond donors (Lipinski definition) is 1. The van der Waals surface area contributed by atoms with Crippen LogP contribution >= 0.6 is 0 Å². The molecule has 0 amide bonds. The molecule has 32 heavy (non-hydrogen) atoms. The number of nitrogens with zero attached hydrogens (tertiary/aromatic N) is 1. The lowest BCUT2D eigenvalue weighted by molar-refractivity contribution is 0.00708. The van der Waals surface area contributed by atoms with E-state index in [4.69, 9.17) is 23.7 Å². The Bertz CT molecular complexity index is 1050. The van der Waals surface area contributed by atoms with Gasteiger partial charge in [-0.2, -0.15) is 0 Å². The van der Waals surface area contributed by atoms with Crippen molar-refractivity contribution in [3.63, 3.8) is 0 Å². The van der Waals surface area contributed by atoms with Crippen molar-refractivity contribution in [1.82, 2.24) is 0 Å². The number of fused-ring (bicyclic) bond motifs is 2. The molecule has 4 rings (SSSR count). The van der Waals surface area contributed by atoms with E-state index in [9.17, 15) is 5.11 Å². The van der Waals surface area contributed by atoms with Gasteiger partial charge in [0, 0.05) is 17.8 Å². The standard InChI is InChI=1S/C25H27NO6/c27-23-7-5-19-3-1-2-4-21(19)22(23)18-26-20-6-8-24-25(17-20)32-16-14-30-12-10-28-9-11-29-13-15-31-24/h1-8,17-18,27H,9-16H2. The fourth-order valence-corrected chi connectivity index (χ4v) is 3.33. The summed E-state index contributed by atoms with van der Waals surface area (Å²) in [7, 11) is 0. The van der Waals surface area contributed by atoms with Gasteiger partial charge >= 0.3 is 0 Å². The average molecular weight is 437 g/mol. The fraction of sp³-hybridized carbons (Fsp3) is 0.320. The third kappa shape index (κ3) is 5.97. The Morgan fingerprint density at radius 1 is 0.688 bits per heavy atom. The highest BCUT2D eigenvalue weighted by Crippen LogP contribution is 2.32. The third-order valence-electron chi connectivity index (χ3n) is 4.93. The van der Waals surface area contributed by atoms with Crippen LogP contribution in [0.5, 0.6) is 17.2 Å². The minimum Gasteiger partial charge on any atom is -0.507 e. The normalized spacial score (nSPS) is 16.5. The first kappa shape index (κ1) is 22.1. The number of benzene rings is 3. The van der Waals surface area contributed by atoms with Crippen molar-refractivity contribution in [2.24, 2.45) is 4.99 Å². The second kappa shape index (κ2) is 11.5. The Hall–Kier alpha value is -3.13. The van der Waals surface area contributed by atoms with Crippen molar-refractivity contribution < 1.29 is 28.8 Å². The topological polar surface area (TPSA) is 78.7 Å². The first-order valence-corrected chi connectivity index (χ1v) is 10.7. The molecule has 0 spiro atoms. The van der Waals surface area contributed by atoms with Gasteiger partial charge in [-0.15, -0.1) is 0 Å². The van der Waals surface area contributed by atoms with Gasteiger partial charge < -0.3 is 28.8 Å². The largest absolute Gasteiger partial charge is 0.507 e. The van der Waals surface area contributed by atoms with Crippen molar-refractivity contribution in [3.8, 4) is 17.2 Å². The maximum atomic E-state index is 10.3. The molecular formula is C25H27NO6. The van der Waals surface area contributed by atoms with Gasteiger partial charge in [0.2, 0.25) is 0 Å². The molecule has 7 heteroatoms. The summed E-state index contributed by atoms with van der Waals surface area (Å²) in [6, 6.07) is 16.9. The molecule has 168 valence electrons.